The molecule has 2 heterocycles. The fraction of sp³-hybridized carbons (Fsp3) is 0.852. The van der Waals surface area contributed by atoms with E-state index in [1.807, 2.05) is 0 Å². The Bertz CT molecular complexity index is 873. The van der Waals surface area contributed by atoms with Gasteiger partial charge < -0.3 is 59.8 Å². The van der Waals surface area contributed by atoms with Crippen LogP contribution in [0, 0.1) is 17.8 Å². The zero-order chi connectivity index (χ0) is 28.4. The molecule has 0 spiro atoms. The lowest BCUT2D eigenvalue weighted by atomic mass is 9.66. The summed E-state index contributed by atoms with van der Waals surface area (Å²) in [6.07, 6.45) is -7.83. The van der Waals surface area contributed by atoms with Gasteiger partial charge in [0, 0.05) is 5.92 Å². The Balaban J connectivity index is 1.44. The molecule has 0 radical (unpaired) electrons. The number of rotatable bonds is 9. The summed E-state index contributed by atoms with van der Waals surface area (Å²) < 4.78 is 22.6. The Hall–Kier alpha value is -1.00. The lowest BCUT2D eigenvalue weighted by Gasteiger charge is -2.42. The third-order valence-corrected chi connectivity index (χ3v) is 8.64. The normalized spacial score (nSPS) is 43.4. The van der Waals surface area contributed by atoms with Crippen molar-refractivity contribution < 1.29 is 59.8 Å². The van der Waals surface area contributed by atoms with Crippen molar-refractivity contribution in [3.05, 3.63) is 22.8 Å². The molecule has 8 N–H and O–H groups in total. The second kappa shape index (κ2) is 13.3. The zero-order valence-electron chi connectivity index (χ0n) is 22.5. The highest BCUT2D eigenvalue weighted by atomic mass is 16.7. The smallest absolute Gasteiger partial charge is 0.187 e. The maximum atomic E-state index is 10.3. The van der Waals surface area contributed by atoms with Crippen molar-refractivity contribution in [1.29, 1.82) is 0 Å². The molecule has 4 rings (SSSR count). The lowest BCUT2D eigenvalue weighted by Crippen LogP contribution is -2.59. The molecule has 12 atom stereocenters. The van der Waals surface area contributed by atoms with Gasteiger partial charge in [0.1, 0.15) is 48.8 Å². The Morgan fingerprint density at radius 1 is 0.744 bits per heavy atom. The number of aliphatic hydroxyl groups is 8. The Morgan fingerprint density at radius 2 is 1.28 bits per heavy atom. The van der Waals surface area contributed by atoms with Crippen molar-refractivity contribution in [3.8, 4) is 0 Å². The first-order valence-electron chi connectivity index (χ1n) is 13.8. The van der Waals surface area contributed by atoms with Crippen molar-refractivity contribution in [3.63, 3.8) is 0 Å². The Labute approximate surface area is 228 Å². The van der Waals surface area contributed by atoms with E-state index in [1.165, 1.54) is 5.57 Å². The van der Waals surface area contributed by atoms with Crippen molar-refractivity contribution in [1.82, 2.24) is 0 Å². The van der Waals surface area contributed by atoms with E-state index in [-0.39, 0.29) is 19.1 Å². The van der Waals surface area contributed by atoms with E-state index in [0.717, 1.165) is 30.4 Å². The van der Waals surface area contributed by atoms with Gasteiger partial charge in [0.25, 0.3) is 0 Å². The molecule has 0 aromatic carbocycles. The standard InChI is InChI=1S/C27H44O12/c1-12(2)15-6-4-14(11-37-27-25(35)23(33)21(31)19(9-29)39-27)16-5-3-13(7-17(15)16)10-36-26-24(34)22(32)20(30)18(8-28)38-26/h7,12,15,17-35H,3-6,8-11H2,1-2H3/t15-,17-,18+,19+,20+,21+,22-,23-,24+,25+,26+,27+/m0/s1. The molecule has 224 valence electrons. The van der Waals surface area contributed by atoms with Gasteiger partial charge in [0.2, 0.25) is 0 Å². The molecule has 0 bridgehead atoms. The predicted octanol–water partition coefficient (Wildman–Crippen LogP) is -1.68. The third kappa shape index (κ3) is 6.58. The molecule has 12 nitrogen and oxygen atoms in total. The monoisotopic (exact) mass is 560 g/mol. The summed E-state index contributed by atoms with van der Waals surface area (Å²) in [5.74, 6) is 0.938. The maximum absolute atomic E-state index is 10.3. The van der Waals surface area contributed by atoms with Crippen LogP contribution in [0.4, 0.5) is 0 Å². The van der Waals surface area contributed by atoms with Crippen LogP contribution in [-0.4, -0.2) is 129 Å². The molecular formula is C27H44O12. The van der Waals surface area contributed by atoms with Gasteiger partial charge in [-0.1, -0.05) is 25.5 Å². The minimum Gasteiger partial charge on any atom is -0.394 e. The average molecular weight is 561 g/mol. The van der Waals surface area contributed by atoms with Gasteiger partial charge in [-0.2, -0.15) is 0 Å². The largest absolute Gasteiger partial charge is 0.394 e. The van der Waals surface area contributed by atoms with Crippen LogP contribution in [0.5, 0.6) is 0 Å². The molecule has 4 aliphatic rings. The summed E-state index contributed by atoms with van der Waals surface area (Å²) in [6, 6.07) is 0. The van der Waals surface area contributed by atoms with E-state index >= 15 is 0 Å². The number of allylic oxidation sites excluding steroid dienone is 2. The van der Waals surface area contributed by atoms with Gasteiger partial charge in [0.15, 0.2) is 12.6 Å². The first-order valence-corrected chi connectivity index (χ1v) is 13.8. The van der Waals surface area contributed by atoms with Gasteiger partial charge in [-0.05, 0) is 48.7 Å². The molecule has 2 aliphatic heterocycles. The SMILES string of the molecule is CC(C)[C@@H]1CCC(CO[C@@H]2O[C@H](CO)[C@@H](O)[C@H](O)[C@H]2O)=C2CCC(CO[C@@H]3O[C@H](CO)[C@@H](O)[C@H](O)[C@H]3O)=C[C@H]21. The van der Waals surface area contributed by atoms with E-state index in [4.69, 9.17) is 18.9 Å². The van der Waals surface area contributed by atoms with Crippen LogP contribution in [0.3, 0.4) is 0 Å². The molecule has 2 saturated heterocycles. The van der Waals surface area contributed by atoms with Crippen LogP contribution in [-0.2, 0) is 18.9 Å². The van der Waals surface area contributed by atoms with Crippen molar-refractivity contribution in [2.45, 2.75) is 101 Å². The van der Waals surface area contributed by atoms with Crippen molar-refractivity contribution in [2.75, 3.05) is 26.4 Å². The topological polar surface area (TPSA) is 199 Å². The molecule has 2 aliphatic carbocycles. The first-order chi connectivity index (χ1) is 18.6. The van der Waals surface area contributed by atoms with Gasteiger partial charge in [-0.3, -0.25) is 0 Å². The molecule has 0 aromatic heterocycles. The summed E-state index contributed by atoms with van der Waals surface area (Å²) >= 11 is 0. The van der Waals surface area contributed by atoms with E-state index in [0.29, 0.717) is 18.3 Å². The van der Waals surface area contributed by atoms with E-state index in [9.17, 15) is 40.9 Å². The number of aliphatic hydroxyl groups excluding tert-OH is 8. The predicted molar refractivity (Wildman–Crippen MR) is 135 cm³/mol. The third-order valence-electron chi connectivity index (χ3n) is 8.64. The number of ether oxygens (including phenoxy) is 4. The van der Waals surface area contributed by atoms with Gasteiger partial charge in [-0.25, -0.2) is 0 Å². The highest BCUT2D eigenvalue weighted by Crippen LogP contribution is 2.45. The highest BCUT2D eigenvalue weighted by Gasteiger charge is 2.45. The molecule has 0 unspecified atom stereocenters. The minimum atomic E-state index is -1.49. The summed E-state index contributed by atoms with van der Waals surface area (Å²) in [6.45, 7) is 3.68. The van der Waals surface area contributed by atoms with Crippen molar-refractivity contribution >= 4 is 0 Å². The van der Waals surface area contributed by atoms with Gasteiger partial charge in [-0.15, -0.1) is 0 Å². The summed E-state index contributed by atoms with van der Waals surface area (Å²) in [4.78, 5) is 0. The summed E-state index contributed by atoms with van der Waals surface area (Å²) in [5, 5.41) is 79.6. The van der Waals surface area contributed by atoms with Crippen LogP contribution in [0.1, 0.15) is 39.5 Å². The molecule has 0 amide bonds. The summed E-state index contributed by atoms with van der Waals surface area (Å²) in [7, 11) is 0. The number of hydrogen-bond donors (Lipinski definition) is 8. The molecule has 0 aromatic rings. The van der Waals surface area contributed by atoms with Crippen molar-refractivity contribution in [2.24, 2.45) is 17.8 Å². The summed E-state index contributed by atoms with van der Waals surface area (Å²) in [5.41, 5.74) is 3.36. The zero-order valence-corrected chi connectivity index (χ0v) is 22.5. The molecule has 0 saturated carbocycles. The second-order valence-corrected chi connectivity index (χ2v) is 11.4. The fourth-order valence-electron chi connectivity index (χ4n) is 6.19. The Kier molecular flexibility index (Phi) is 10.6. The fourth-order valence-corrected chi connectivity index (χ4v) is 6.19. The molecule has 39 heavy (non-hydrogen) atoms. The Morgan fingerprint density at radius 3 is 1.79 bits per heavy atom. The lowest BCUT2D eigenvalue weighted by molar-refractivity contribution is -0.299. The van der Waals surface area contributed by atoms with Gasteiger partial charge >= 0.3 is 0 Å². The van der Waals surface area contributed by atoms with Gasteiger partial charge in [0.05, 0.1) is 26.4 Å². The quantitative estimate of drug-likeness (QED) is 0.149. The first kappa shape index (κ1) is 30.9. The average Bonchev–Trinajstić information content (AvgIpc) is 2.93. The maximum Gasteiger partial charge on any atom is 0.187 e. The van der Waals surface area contributed by atoms with E-state index in [2.05, 4.69) is 19.9 Å². The van der Waals surface area contributed by atoms with Crippen LogP contribution in [0.2, 0.25) is 0 Å². The highest BCUT2D eigenvalue weighted by molar-refractivity contribution is 5.32. The molecule has 2 fully saturated rings. The van der Waals surface area contributed by atoms with Crippen LogP contribution in [0.25, 0.3) is 0 Å². The number of hydrogen-bond acceptors (Lipinski definition) is 12. The van der Waals surface area contributed by atoms with Crippen LogP contribution < -0.4 is 0 Å². The minimum absolute atomic E-state index is 0.134. The number of fused-ring (bicyclic) bond motifs is 1. The molecule has 12 heteroatoms. The van der Waals surface area contributed by atoms with Crippen LogP contribution in [0.15, 0.2) is 22.8 Å². The second-order valence-electron chi connectivity index (χ2n) is 11.4. The van der Waals surface area contributed by atoms with E-state index < -0.39 is 74.6 Å². The molecular weight excluding hydrogens is 516 g/mol. The van der Waals surface area contributed by atoms with E-state index in [1.54, 1.807) is 0 Å². The van der Waals surface area contributed by atoms with Crippen LogP contribution >= 0.6 is 0 Å².